The molecule has 0 aromatic rings. The summed E-state index contributed by atoms with van der Waals surface area (Å²) in [5, 5.41) is 0. The Morgan fingerprint density at radius 3 is 0.379 bits per heavy atom. The Morgan fingerprint density at radius 1 is 0.310 bits per heavy atom. The van der Waals surface area contributed by atoms with Crippen LogP contribution in [0.3, 0.4) is 0 Å². The van der Waals surface area contributed by atoms with Crippen LogP contribution in [0.25, 0.3) is 0 Å². The van der Waals surface area contributed by atoms with Crippen molar-refractivity contribution >= 4 is 0 Å². The second-order valence-corrected chi connectivity index (χ2v) is 13.6. The van der Waals surface area contributed by atoms with Crippen molar-refractivity contribution in [1.29, 1.82) is 0 Å². The summed E-state index contributed by atoms with van der Waals surface area (Å²) < 4.78 is 177. The molecule has 0 heterocycles. The molecule has 0 aromatic heterocycles. The van der Waals surface area contributed by atoms with Gasteiger partial charge in [-0.25, -0.2) is 0 Å². The van der Waals surface area contributed by atoms with E-state index in [1.807, 2.05) is 0 Å². The van der Waals surface area contributed by atoms with Crippen molar-refractivity contribution in [3.63, 3.8) is 0 Å². The van der Waals surface area contributed by atoms with E-state index in [4.69, 9.17) is 0 Å². The third kappa shape index (κ3) is 59.1. The zero-order chi connectivity index (χ0) is 23.1. The average Bonchev–Trinajstić information content (AvgIpc) is 1.96. The second-order valence-electron chi connectivity index (χ2n) is 2.65. The van der Waals surface area contributed by atoms with Crippen LogP contribution in [0.15, 0.2) is 0 Å². The Kier molecular flexibility index (Phi) is 23.1. The molecule has 178 valence electrons. The summed E-state index contributed by atoms with van der Waals surface area (Å²) in [6.07, 6.45) is 0. The van der Waals surface area contributed by atoms with Crippen LogP contribution in [0.2, 0.25) is 0 Å². The molecular weight excluding hydrogens is 962 g/mol. The van der Waals surface area contributed by atoms with Crippen LogP contribution < -0.4 is 24.9 Å². The molecule has 21 nitrogen and oxygen atoms in total. The van der Waals surface area contributed by atoms with E-state index in [-0.39, 0.29) is 79.9 Å². The molecule has 0 atom stereocenters. The Balaban J connectivity index is -0.0000000960. The van der Waals surface area contributed by atoms with Crippen molar-refractivity contribution in [1.82, 2.24) is 0 Å². The fraction of sp³-hybridized carbons (Fsp3) is 0. The van der Waals surface area contributed by atoms with Crippen molar-refractivity contribution in [2.45, 2.75) is 0 Å². The van der Waals surface area contributed by atoms with E-state index in [9.17, 15) is 70.6 Å². The molecule has 0 amide bonds. The Labute approximate surface area is 236 Å². The molecule has 0 aromatic carbocycles. The molecule has 0 aliphatic carbocycles. The summed E-state index contributed by atoms with van der Waals surface area (Å²) in [6, 6.07) is 0. The van der Waals surface area contributed by atoms with Gasteiger partial charge in [-0.15, -0.1) is 0 Å². The summed E-state index contributed by atoms with van der Waals surface area (Å²) in [5.74, 6) is 0. The molecule has 2 radical (unpaired) electrons. The maximum atomic E-state index is 9.38. The Morgan fingerprint density at radius 2 is 0.379 bits per heavy atom. The van der Waals surface area contributed by atoms with Crippen LogP contribution in [0, 0.1) is 79.9 Å². The summed E-state index contributed by atoms with van der Waals surface area (Å²) in [6.45, 7) is 0. The van der Waals surface area contributed by atoms with E-state index in [2.05, 4.69) is 8.52 Å². The van der Waals surface area contributed by atoms with Crippen LogP contribution in [0.1, 0.15) is 0 Å². The molecule has 29 heteroatoms. The van der Waals surface area contributed by atoms with Gasteiger partial charge < -0.3 is 0 Å². The molecule has 0 N–H and O–H groups in total. The molecule has 0 saturated heterocycles. The molecule has 0 rings (SSSR count). The Hall–Kier alpha value is 3.08. The fourth-order valence-electron chi connectivity index (χ4n) is 0.306. The van der Waals surface area contributed by atoms with Gasteiger partial charge in [0.1, 0.15) is 0 Å². The second kappa shape index (κ2) is 15.9. The first-order valence-electron chi connectivity index (χ1n) is 4.00. The van der Waals surface area contributed by atoms with Crippen LogP contribution in [0.4, 0.5) is 0 Å². The van der Waals surface area contributed by atoms with Gasteiger partial charge in [0.15, 0.2) is 0 Å². The van der Waals surface area contributed by atoms with E-state index in [0.717, 1.165) is 0 Å². The zero-order valence-corrected chi connectivity index (χ0v) is 23.9. The SMILES string of the molecule is [Gd+3].[Gd+3].[O]=[Cr](=[O])([O-])[O][Cr](=[O])(=[O])[O-].[O]=[Cr](=[O])([O-])[O][Cr](=[O])(=[O])[O-].[O]=[Cr](=[O])([O-])[O][Cr](=[O])(=[O])[O-]. The van der Waals surface area contributed by atoms with Crippen molar-refractivity contribution in [3.05, 3.63) is 0 Å². The Bertz CT molecular complexity index is 854. The van der Waals surface area contributed by atoms with Crippen LogP contribution in [0.5, 0.6) is 0 Å². The van der Waals surface area contributed by atoms with E-state index in [1.54, 1.807) is 0 Å². The summed E-state index contributed by atoms with van der Waals surface area (Å²) >= 11 is -36.4. The third-order valence-corrected chi connectivity index (χ3v) is 8.50. The molecule has 0 bridgehead atoms. The number of hydrogen-bond acceptors (Lipinski definition) is 21. The third-order valence-electron chi connectivity index (χ3n) is 0.500. The molecule has 0 saturated carbocycles. The first-order valence-corrected chi connectivity index (χ1v) is 16.5. The van der Waals surface area contributed by atoms with Crippen LogP contribution in [-0.2, 0) is 136 Å². The zero-order valence-electron chi connectivity index (χ0n) is 11.7. The minimum absolute atomic E-state index is 0. The predicted octanol–water partition coefficient (Wildman–Crippen LogP) is -8.78. The van der Waals surface area contributed by atoms with Gasteiger partial charge in [0.2, 0.25) is 0 Å². The van der Waals surface area contributed by atoms with Crippen molar-refractivity contribution in [2.75, 3.05) is 0 Å². The van der Waals surface area contributed by atoms with Crippen LogP contribution >= 0.6 is 0 Å². The number of hydrogen-bond donors (Lipinski definition) is 0. The van der Waals surface area contributed by atoms with Gasteiger partial charge in [-0.05, 0) is 0 Å². The van der Waals surface area contributed by atoms with Gasteiger partial charge in [-0.2, -0.15) is 0 Å². The summed E-state index contributed by atoms with van der Waals surface area (Å²) in [4.78, 5) is 0. The quantitative estimate of drug-likeness (QED) is 0.238. The molecule has 29 heavy (non-hydrogen) atoms. The first-order chi connectivity index (χ1) is 11.1. The predicted molar refractivity (Wildman–Crippen MR) is 11.5 cm³/mol. The van der Waals surface area contributed by atoms with E-state index >= 15 is 0 Å². The molecular formula is Cr6Gd2O21. The van der Waals surface area contributed by atoms with Gasteiger partial charge in [-0.1, -0.05) is 0 Å². The average molecular weight is 962 g/mol. The minimum atomic E-state index is -6.07. The molecule has 0 spiro atoms. The molecule has 0 fully saturated rings. The van der Waals surface area contributed by atoms with Gasteiger partial charge in [0, 0.05) is 0 Å². The maximum absolute atomic E-state index is 9.38. The first kappa shape index (κ1) is 42.3. The van der Waals surface area contributed by atoms with Gasteiger partial charge >= 0.3 is 241 Å². The summed E-state index contributed by atoms with van der Waals surface area (Å²) in [7, 11) is 0. The van der Waals surface area contributed by atoms with Gasteiger partial charge in [0.05, 0.1) is 0 Å². The van der Waals surface area contributed by atoms with Gasteiger partial charge in [0.25, 0.3) is 0 Å². The topological polar surface area (TPSA) is 371 Å². The van der Waals surface area contributed by atoms with Crippen molar-refractivity contribution in [3.8, 4) is 0 Å². The summed E-state index contributed by atoms with van der Waals surface area (Å²) in [5.41, 5.74) is 0. The fourth-order valence-corrected chi connectivity index (χ4v) is 5.21. The van der Waals surface area contributed by atoms with Gasteiger partial charge in [-0.3, -0.25) is 0 Å². The van der Waals surface area contributed by atoms with Crippen molar-refractivity contribution < 1.29 is 241 Å². The monoisotopic (exact) mass is 963 g/mol. The molecule has 0 aliphatic heterocycles. The standard InChI is InChI=1S/6Cr.2Gd.21O/q;;;;;;2*+3;;;;;;;;;;;;;;;;6*-1. The molecule has 0 unspecified atom stereocenters. The van der Waals surface area contributed by atoms with E-state index in [1.165, 1.54) is 0 Å². The van der Waals surface area contributed by atoms with Crippen molar-refractivity contribution in [2.24, 2.45) is 0 Å². The number of rotatable bonds is 6. The van der Waals surface area contributed by atoms with Crippen LogP contribution in [-0.4, -0.2) is 0 Å². The molecule has 0 aliphatic rings. The normalized spacial score (nSPS) is 12.6. The van der Waals surface area contributed by atoms with E-state index < -0.39 is 81.7 Å². The van der Waals surface area contributed by atoms with E-state index in [0.29, 0.717) is 0 Å².